The number of carbonyl (C=O) groups excluding carboxylic acids is 1. The summed E-state index contributed by atoms with van der Waals surface area (Å²) >= 11 is 1.40. The first-order valence-electron chi connectivity index (χ1n) is 6.96. The van der Waals surface area contributed by atoms with E-state index in [1.54, 1.807) is 19.1 Å². The second-order valence-corrected chi connectivity index (χ2v) is 5.60. The first-order valence-corrected chi connectivity index (χ1v) is 7.78. The number of hydrogen-bond donors (Lipinski definition) is 0. The summed E-state index contributed by atoms with van der Waals surface area (Å²) in [5, 5.41) is 10.7. The van der Waals surface area contributed by atoms with E-state index in [2.05, 4.69) is 0 Å². The van der Waals surface area contributed by atoms with Crippen molar-refractivity contribution in [3.8, 4) is 0 Å². The number of hydrogen-bond acceptors (Lipinski definition) is 5. The quantitative estimate of drug-likeness (QED) is 0.260. The minimum Gasteiger partial charge on any atom is -0.463 e. The molecule has 0 unspecified atom stereocenters. The Bertz CT molecular complexity index is 711. The third-order valence-electron chi connectivity index (χ3n) is 2.87. The average molecular weight is 329 g/mol. The zero-order valence-corrected chi connectivity index (χ0v) is 13.3. The Morgan fingerprint density at radius 1 is 1.17 bits per heavy atom. The first-order chi connectivity index (χ1) is 11.1. The van der Waals surface area contributed by atoms with Crippen LogP contribution in [0, 0.1) is 10.1 Å². The number of thioether (sulfide) groups is 1. The first kappa shape index (κ1) is 16.8. The standard InChI is InChI=1S/C17H15NO4S/c1-2-22-17(19)12-16(23-15-6-4-3-5-7-15)13-8-10-14(11-9-13)18(20)21/h3-12H,2H2,1H3/b16-12-. The Morgan fingerprint density at radius 3 is 2.39 bits per heavy atom. The topological polar surface area (TPSA) is 69.4 Å². The molecule has 0 spiro atoms. The summed E-state index contributed by atoms with van der Waals surface area (Å²) in [4.78, 5) is 23.7. The number of esters is 1. The SMILES string of the molecule is CCOC(=O)/C=C(\Sc1ccccc1)c1ccc([N+](=O)[O-])cc1. The summed E-state index contributed by atoms with van der Waals surface area (Å²) in [7, 11) is 0. The van der Waals surface area contributed by atoms with Crippen LogP contribution in [0.15, 0.2) is 65.6 Å². The molecule has 5 nitrogen and oxygen atoms in total. The molecule has 0 saturated heterocycles. The van der Waals surface area contributed by atoms with Crippen LogP contribution in [0.3, 0.4) is 0 Å². The summed E-state index contributed by atoms with van der Waals surface area (Å²) in [6, 6.07) is 15.6. The van der Waals surface area contributed by atoms with Gasteiger partial charge in [-0.3, -0.25) is 10.1 Å². The summed E-state index contributed by atoms with van der Waals surface area (Å²) in [5.41, 5.74) is 0.728. The number of benzene rings is 2. The molecule has 0 bridgehead atoms. The molecule has 0 N–H and O–H groups in total. The Labute approximate surface area is 138 Å². The molecule has 0 amide bonds. The van der Waals surface area contributed by atoms with Gasteiger partial charge in [-0.1, -0.05) is 30.0 Å². The molecular weight excluding hydrogens is 314 g/mol. The highest BCUT2D eigenvalue weighted by Gasteiger charge is 2.10. The van der Waals surface area contributed by atoms with Gasteiger partial charge in [0, 0.05) is 28.0 Å². The normalized spacial score (nSPS) is 11.1. The summed E-state index contributed by atoms with van der Waals surface area (Å²) in [6.07, 6.45) is 1.41. The molecule has 0 aliphatic heterocycles. The molecule has 23 heavy (non-hydrogen) atoms. The van der Waals surface area contributed by atoms with E-state index in [4.69, 9.17) is 4.74 Å². The number of nitro groups is 1. The van der Waals surface area contributed by atoms with Crippen molar-refractivity contribution in [2.24, 2.45) is 0 Å². The van der Waals surface area contributed by atoms with Gasteiger partial charge in [0.25, 0.3) is 5.69 Å². The number of rotatable bonds is 6. The Kier molecular flexibility index (Phi) is 5.94. The minimum atomic E-state index is -0.456. The third-order valence-corrected chi connectivity index (χ3v) is 3.95. The van der Waals surface area contributed by atoms with Crippen LogP contribution >= 0.6 is 11.8 Å². The monoisotopic (exact) mass is 329 g/mol. The molecule has 0 aromatic heterocycles. The van der Waals surface area contributed by atoms with Crippen LogP contribution in [-0.2, 0) is 9.53 Å². The fraction of sp³-hybridized carbons (Fsp3) is 0.118. The lowest BCUT2D eigenvalue weighted by atomic mass is 10.2. The Hall–Kier alpha value is -2.60. The molecular formula is C17H15NO4S. The summed E-state index contributed by atoms with van der Waals surface area (Å²) in [6.45, 7) is 2.03. The van der Waals surface area contributed by atoms with Crippen LogP contribution in [0.25, 0.3) is 4.91 Å². The van der Waals surface area contributed by atoms with Crippen molar-refractivity contribution in [3.63, 3.8) is 0 Å². The van der Waals surface area contributed by atoms with Gasteiger partial charge in [-0.05, 0) is 36.8 Å². The van der Waals surface area contributed by atoms with Crippen molar-refractivity contribution >= 4 is 28.3 Å². The number of non-ortho nitro benzene ring substituents is 1. The predicted molar refractivity (Wildman–Crippen MR) is 90.0 cm³/mol. The van der Waals surface area contributed by atoms with Gasteiger partial charge in [0.05, 0.1) is 11.5 Å². The maximum Gasteiger partial charge on any atom is 0.331 e. The maximum atomic E-state index is 11.8. The zero-order valence-electron chi connectivity index (χ0n) is 12.5. The lowest BCUT2D eigenvalue weighted by molar-refractivity contribution is -0.384. The van der Waals surface area contributed by atoms with Crippen LogP contribution in [0.4, 0.5) is 5.69 Å². The molecule has 118 valence electrons. The van der Waals surface area contributed by atoms with Gasteiger partial charge in [0.15, 0.2) is 0 Å². The largest absolute Gasteiger partial charge is 0.463 e. The van der Waals surface area contributed by atoms with E-state index < -0.39 is 10.9 Å². The smallest absolute Gasteiger partial charge is 0.331 e. The van der Waals surface area contributed by atoms with Crippen LogP contribution in [-0.4, -0.2) is 17.5 Å². The molecule has 0 heterocycles. The summed E-state index contributed by atoms with van der Waals surface area (Å²) < 4.78 is 4.96. The third kappa shape index (κ3) is 4.96. The average Bonchev–Trinajstić information content (AvgIpc) is 2.55. The lowest BCUT2D eigenvalue weighted by Crippen LogP contribution is -2.00. The number of ether oxygens (including phenoxy) is 1. The van der Waals surface area contributed by atoms with E-state index in [1.165, 1.54) is 30.0 Å². The van der Waals surface area contributed by atoms with Crippen molar-refractivity contribution in [3.05, 3.63) is 76.4 Å². The zero-order chi connectivity index (χ0) is 16.7. The Balaban J connectivity index is 2.32. The van der Waals surface area contributed by atoms with Crippen molar-refractivity contribution in [2.75, 3.05) is 6.61 Å². The van der Waals surface area contributed by atoms with Gasteiger partial charge < -0.3 is 4.74 Å². The van der Waals surface area contributed by atoms with Crippen molar-refractivity contribution in [1.29, 1.82) is 0 Å². The molecule has 2 aromatic carbocycles. The molecule has 0 radical (unpaired) electrons. The molecule has 2 aromatic rings. The van der Waals surface area contributed by atoms with E-state index in [9.17, 15) is 14.9 Å². The number of nitrogens with zero attached hydrogens (tertiary/aromatic N) is 1. The van der Waals surface area contributed by atoms with Gasteiger partial charge in [-0.25, -0.2) is 4.79 Å². The highest BCUT2D eigenvalue weighted by Crippen LogP contribution is 2.34. The second-order valence-electron chi connectivity index (χ2n) is 4.48. The van der Waals surface area contributed by atoms with Crippen molar-refractivity contribution in [1.82, 2.24) is 0 Å². The highest BCUT2D eigenvalue weighted by atomic mass is 32.2. The molecule has 0 atom stereocenters. The van der Waals surface area contributed by atoms with Crippen molar-refractivity contribution in [2.45, 2.75) is 11.8 Å². The van der Waals surface area contributed by atoms with Gasteiger partial charge >= 0.3 is 5.97 Å². The van der Waals surface area contributed by atoms with Gasteiger partial charge in [-0.2, -0.15) is 0 Å². The number of carbonyl (C=O) groups is 1. The molecule has 0 aliphatic carbocycles. The molecule has 0 aliphatic rings. The molecule has 0 saturated carbocycles. The van der Waals surface area contributed by atoms with Crippen LogP contribution in [0.5, 0.6) is 0 Å². The number of nitro benzene ring substituents is 1. The van der Waals surface area contributed by atoms with Gasteiger partial charge in [0.1, 0.15) is 0 Å². The van der Waals surface area contributed by atoms with E-state index in [-0.39, 0.29) is 5.69 Å². The van der Waals surface area contributed by atoms with Gasteiger partial charge in [0.2, 0.25) is 0 Å². The van der Waals surface area contributed by atoms with E-state index in [1.807, 2.05) is 30.3 Å². The van der Waals surface area contributed by atoms with Crippen LogP contribution < -0.4 is 0 Å². The fourth-order valence-corrected chi connectivity index (χ4v) is 2.78. The van der Waals surface area contributed by atoms with Crippen LogP contribution in [0.1, 0.15) is 12.5 Å². The predicted octanol–water partition coefficient (Wildman–Crippen LogP) is 4.29. The summed E-state index contributed by atoms with van der Waals surface area (Å²) in [5.74, 6) is -0.440. The lowest BCUT2D eigenvalue weighted by Gasteiger charge is -2.08. The van der Waals surface area contributed by atoms with Crippen molar-refractivity contribution < 1.29 is 14.5 Å². The van der Waals surface area contributed by atoms with E-state index in [0.717, 1.165) is 10.5 Å². The Morgan fingerprint density at radius 2 is 1.83 bits per heavy atom. The van der Waals surface area contributed by atoms with Crippen LogP contribution in [0.2, 0.25) is 0 Å². The highest BCUT2D eigenvalue weighted by molar-refractivity contribution is 8.08. The van der Waals surface area contributed by atoms with E-state index >= 15 is 0 Å². The molecule has 2 rings (SSSR count). The fourth-order valence-electron chi connectivity index (χ4n) is 1.83. The van der Waals surface area contributed by atoms with E-state index in [0.29, 0.717) is 11.5 Å². The minimum absolute atomic E-state index is 0.00828. The van der Waals surface area contributed by atoms with Gasteiger partial charge in [-0.15, -0.1) is 0 Å². The second kappa shape index (κ2) is 8.14. The molecule has 0 fully saturated rings. The molecule has 6 heteroatoms. The maximum absolute atomic E-state index is 11.8.